The van der Waals surface area contributed by atoms with Crippen LogP contribution in [0.5, 0.6) is 0 Å². The number of carboxylic acids is 1. The Morgan fingerprint density at radius 3 is 1.52 bits per heavy atom. The number of anilines is 3. The molecule has 1 saturated carbocycles. The normalized spacial score (nSPS) is 19.5. The summed E-state index contributed by atoms with van der Waals surface area (Å²) in [6, 6.07) is 44.1. The molecule has 0 saturated heterocycles. The number of nitrogens with zero attached hydrogens (tertiary/aromatic N) is 2. The van der Waals surface area contributed by atoms with Crippen LogP contribution in [0.1, 0.15) is 153 Å². The molecule has 4 heteroatoms. The fraction of sp³-hybridized carbons (Fsp3) is 0.387. The molecule has 2 unspecified atom stereocenters. The van der Waals surface area contributed by atoms with Crippen molar-refractivity contribution >= 4 is 29.1 Å². The van der Waals surface area contributed by atoms with Crippen LogP contribution < -0.4 is 4.90 Å². The monoisotopic (exact) mass is 873 g/mol. The summed E-state index contributed by atoms with van der Waals surface area (Å²) in [5.41, 5.74) is 17.5. The molecule has 5 aliphatic carbocycles. The van der Waals surface area contributed by atoms with Gasteiger partial charge in [-0.3, -0.25) is 0 Å². The van der Waals surface area contributed by atoms with Crippen molar-refractivity contribution in [2.24, 2.45) is 17.3 Å². The molecule has 0 aliphatic heterocycles. The van der Waals surface area contributed by atoms with E-state index >= 15 is 0 Å². The molecular weight excluding hydrogens is 805 g/mol. The van der Waals surface area contributed by atoms with Gasteiger partial charge in [0, 0.05) is 27.9 Å². The van der Waals surface area contributed by atoms with Gasteiger partial charge in [-0.15, -0.1) is 0 Å². The first kappa shape index (κ1) is 45.2. The topological polar surface area (TPSA) is 64.3 Å². The summed E-state index contributed by atoms with van der Waals surface area (Å²) in [6.07, 6.45) is 21.2. The van der Waals surface area contributed by atoms with Gasteiger partial charge in [0.15, 0.2) is 0 Å². The number of carboxylic acid groups (broad SMARTS) is 1. The van der Waals surface area contributed by atoms with Gasteiger partial charge in [0.1, 0.15) is 11.6 Å². The predicted octanol–water partition coefficient (Wildman–Crippen LogP) is 17.0. The van der Waals surface area contributed by atoms with Gasteiger partial charge in [-0.25, -0.2) is 4.79 Å². The number of hydrogen-bond donors (Lipinski definition) is 1. The van der Waals surface area contributed by atoms with Crippen LogP contribution in [0, 0.1) is 28.6 Å². The Balaban J connectivity index is 1.18. The minimum atomic E-state index is -1.14. The number of nitriles is 1. The van der Waals surface area contributed by atoms with Gasteiger partial charge in [-0.05, 0) is 147 Å². The summed E-state index contributed by atoms with van der Waals surface area (Å²) in [4.78, 5) is 14.6. The summed E-state index contributed by atoms with van der Waals surface area (Å²) in [7, 11) is 0. The lowest BCUT2D eigenvalue weighted by molar-refractivity contribution is -0.132. The van der Waals surface area contributed by atoms with E-state index in [1.54, 1.807) is 0 Å². The number of carbonyl (C=O) groups is 1. The minimum Gasteiger partial charge on any atom is -0.477 e. The molecule has 2 bridgehead atoms. The average molecular weight is 873 g/mol. The van der Waals surface area contributed by atoms with Crippen LogP contribution >= 0.6 is 0 Å². The third-order valence-corrected chi connectivity index (χ3v) is 16.4. The van der Waals surface area contributed by atoms with Crippen LogP contribution in [-0.2, 0) is 15.6 Å². The Bertz CT molecular complexity index is 2640. The van der Waals surface area contributed by atoms with Gasteiger partial charge in [-0.2, -0.15) is 5.26 Å². The molecule has 2 atom stereocenters. The van der Waals surface area contributed by atoms with Crippen LogP contribution in [-0.4, -0.2) is 11.1 Å². The van der Waals surface area contributed by atoms with Gasteiger partial charge < -0.3 is 10.0 Å². The smallest absolute Gasteiger partial charge is 0.346 e. The van der Waals surface area contributed by atoms with Crippen LogP contribution in [0.3, 0.4) is 0 Å². The molecule has 1 fully saturated rings. The molecule has 5 aliphatic rings. The Labute approximate surface area is 394 Å². The molecule has 0 amide bonds. The summed E-state index contributed by atoms with van der Waals surface area (Å²) in [5, 5.41) is 19.7. The molecule has 66 heavy (non-hydrogen) atoms. The molecule has 338 valence electrons. The average Bonchev–Trinajstić information content (AvgIpc) is 3.77. The molecular formula is C62H68N2O2. The standard InChI is InChI=1S/C62H68N2O2/c1-7-11-33-61(34-12-8-2)53-21-17-15-19-47(53)49-31-29-45(38-57(49)61)64(46-30-32-50-48-20-16-18-22-54(48)62(35-13-9-3,36-14-10-4)58(50)39-46)44-27-24-42(25-28-44)23-26-43-37-51(52(41-63)59(65)66)56-40-55(43)60(56,5)6/h15-32,37-39,55-56H,7-14,33-36,40H2,1-6H3,(H,65,66)/b26-23+,52-51-. The summed E-state index contributed by atoms with van der Waals surface area (Å²) < 4.78 is 0. The van der Waals surface area contributed by atoms with E-state index in [1.165, 1.54) is 107 Å². The zero-order valence-corrected chi connectivity index (χ0v) is 40.2. The first-order valence-corrected chi connectivity index (χ1v) is 25.2. The highest BCUT2D eigenvalue weighted by molar-refractivity contribution is 5.93. The summed E-state index contributed by atoms with van der Waals surface area (Å²) in [6.45, 7) is 13.7. The lowest BCUT2D eigenvalue weighted by atomic mass is 9.47. The molecule has 10 rings (SSSR count). The van der Waals surface area contributed by atoms with E-state index in [0.717, 1.165) is 48.9 Å². The Morgan fingerprint density at radius 2 is 1.08 bits per heavy atom. The highest BCUT2D eigenvalue weighted by Crippen LogP contribution is 2.62. The Hall–Kier alpha value is -5.92. The number of unbranched alkanes of at least 4 members (excludes halogenated alkanes) is 4. The van der Waals surface area contributed by atoms with Crippen molar-refractivity contribution in [1.82, 2.24) is 0 Å². The second-order valence-corrected chi connectivity index (χ2v) is 20.4. The fourth-order valence-corrected chi connectivity index (χ4v) is 12.8. The second-order valence-electron chi connectivity index (χ2n) is 20.4. The van der Waals surface area contributed by atoms with Crippen molar-refractivity contribution < 1.29 is 9.90 Å². The van der Waals surface area contributed by atoms with Crippen molar-refractivity contribution in [3.8, 4) is 28.3 Å². The van der Waals surface area contributed by atoms with Gasteiger partial charge >= 0.3 is 5.97 Å². The highest BCUT2D eigenvalue weighted by Gasteiger charge is 2.54. The molecule has 5 aromatic rings. The largest absolute Gasteiger partial charge is 0.477 e. The molecule has 0 radical (unpaired) electrons. The fourth-order valence-electron chi connectivity index (χ4n) is 12.8. The summed E-state index contributed by atoms with van der Waals surface area (Å²) >= 11 is 0. The maximum Gasteiger partial charge on any atom is 0.346 e. The third-order valence-electron chi connectivity index (χ3n) is 16.4. The van der Waals surface area contributed by atoms with Crippen LogP contribution in [0.25, 0.3) is 28.3 Å². The maximum atomic E-state index is 12.1. The van der Waals surface area contributed by atoms with Crippen molar-refractivity contribution in [2.45, 2.75) is 136 Å². The van der Waals surface area contributed by atoms with Crippen molar-refractivity contribution in [1.29, 1.82) is 5.26 Å². The van der Waals surface area contributed by atoms with E-state index in [1.807, 2.05) is 12.1 Å². The molecule has 1 N–H and O–H groups in total. The number of allylic oxidation sites excluding steroid dienone is 4. The lowest BCUT2D eigenvalue weighted by Gasteiger charge is -2.57. The van der Waals surface area contributed by atoms with Gasteiger partial charge in [0.05, 0.1) is 0 Å². The molecule has 0 aromatic heterocycles. The van der Waals surface area contributed by atoms with E-state index in [2.05, 4.69) is 168 Å². The quantitative estimate of drug-likeness (QED) is 0.0704. The van der Waals surface area contributed by atoms with Crippen LogP contribution in [0.15, 0.2) is 138 Å². The molecule has 0 spiro atoms. The number of benzene rings is 5. The predicted molar refractivity (Wildman–Crippen MR) is 274 cm³/mol. The van der Waals surface area contributed by atoms with Crippen LogP contribution in [0.2, 0.25) is 0 Å². The molecule has 0 heterocycles. The first-order valence-electron chi connectivity index (χ1n) is 25.2. The van der Waals surface area contributed by atoms with Crippen molar-refractivity contribution in [3.05, 3.63) is 166 Å². The summed E-state index contributed by atoms with van der Waals surface area (Å²) in [5.74, 6) is -0.731. The van der Waals surface area contributed by atoms with E-state index < -0.39 is 5.97 Å². The van der Waals surface area contributed by atoms with Crippen molar-refractivity contribution in [3.63, 3.8) is 0 Å². The van der Waals surface area contributed by atoms with E-state index in [4.69, 9.17) is 0 Å². The van der Waals surface area contributed by atoms with E-state index in [0.29, 0.717) is 11.5 Å². The van der Waals surface area contributed by atoms with Crippen LogP contribution in [0.4, 0.5) is 17.1 Å². The van der Waals surface area contributed by atoms with Gasteiger partial charge in [-0.1, -0.05) is 184 Å². The Kier molecular flexibility index (Phi) is 12.6. The van der Waals surface area contributed by atoms with E-state index in [-0.39, 0.29) is 27.7 Å². The zero-order chi connectivity index (χ0) is 46.2. The van der Waals surface area contributed by atoms with Crippen molar-refractivity contribution in [2.75, 3.05) is 4.90 Å². The molecule has 4 nitrogen and oxygen atoms in total. The van der Waals surface area contributed by atoms with Gasteiger partial charge in [0.25, 0.3) is 0 Å². The zero-order valence-electron chi connectivity index (χ0n) is 40.2. The van der Waals surface area contributed by atoms with E-state index in [9.17, 15) is 15.2 Å². The number of aliphatic carboxylic acids is 1. The first-order chi connectivity index (χ1) is 32.1. The third kappa shape index (κ3) is 7.48. The lowest BCUT2D eigenvalue weighted by Crippen LogP contribution is -2.49. The second kappa shape index (κ2) is 18.4. The minimum absolute atomic E-state index is 0.0281. The molecule has 5 aromatic carbocycles. The number of hydrogen-bond acceptors (Lipinski definition) is 3. The Morgan fingerprint density at radius 1 is 0.621 bits per heavy atom. The van der Waals surface area contributed by atoms with Gasteiger partial charge in [0.2, 0.25) is 0 Å². The highest BCUT2D eigenvalue weighted by atomic mass is 16.4. The maximum absolute atomic E-state index is 12.1. The SMILES string of the molecule is CCCCC1(CCCC)c2ccccc2-c2ccc(N(c3ccc(/C=C/C4=CC(=C(\C#N)C(=O)O)/C5CC4C5(C)C)cc3)c3ccc4c(c3)C(CCCC)(CCCC)c3ccccc3-4)cc21. The number of fused-ring (bicyclic) bond motifs is 7. The number of rotatable bonds is 18.